The van der Waals surface area contributed by atoms with Crippen molar-refractivity contribution in [3.8, 4) is 11.1 Å². The van der Waals surface area contributed by atoms with Crippen LogP contribution in [0.5, 0.6) is 0 Å². The van der Waals surface area contributed by atoms with Crippen LogP contribution in [0.15, 0.2) is 54.9 Å². The fraction of sp³-hybridized carbons (Fsp3) is 0.238. The molecule has 1 saturated heterocycles. The van der Waals surface area contributed by atoms with E-state index in [9.17, 15) is 13.9 Å². The maximum absolute atomic E-state index is 12.9. The highest BCUT2D eigenvalue weighted by atomic mass is 32.3. The summed E-state index contributed by atoms with van der Waals surface area (Å²) in [6.45, 7) is 0.660. The fourth-order valence-electron chi connectivity index (χ4n) is 4.05. The van der Waals surface area contributed by atoms with Crippen LogP contribution < -0.4 is 10.2 Å². The molecule has 3 aromatic rings. The topological polar surface area (TPSA) is 101 Å². The number of rotatable bonds is 4. The summed E-state index contributed by atoms with van der Waals surface area (Å²) in [6, 6.07) is 13.4. The van der Waals surface area contributed by atoms with E-state index in [0.29, 0.717) is 24.5 Å². The Balaban J connectivity index is 1.28. The number of nitrogens with zero attached hydrogens (tertiary/aromatic N) is 2. The van der Waals surface area contributed by atoms with E-state index in [4.69, 9.17) is 0 Å². The van der Waals surface area contributed by atoms with Gasteiger partial charge in [0.05, 0.1) is 17.7 Å². The minimum Gasteiger partial charge on any atom is -0.374 e. The SMILES string of the molecule is O=C1C(Nc2ccc3c(c2)CS(O)(O)C3)CCN1c1ccc(-c2cn[nH]c2)cc1. The van der Waals surface area contributed by atoms with Crippen molar-refractivity contribution < 1.29 is 13.9 Å². The number of amides is 1. The first-order valence-corrected chi connectivity index (χ1v) is 11.4. The van der Waals surface area contributed by atoms with Gasteiger partial charge in [-0.15, -0.1) is 0 Å². The van der Waals surface area contributed by atoms with Crippen LogP contribution >= 0.6 is 10.6 Å². The highest BCUT2D eigenvalue weighted by Gasteiger charge is 2.33. The van der Waals surface area contributed by atoms with Crippen molar-refractivity contribution in [1.82, 2.24) is 10.2 Å². The second-order valence-electron chi connectivity index (χ2n) is 7.58. The van der Waals surface area contributed by atoms with Gasteiger partial charge in [0.15, 0.2) is 0 Å². The molecule has 1 fully saturated rings. The Kier molecular flexibility index (Phi) is 4.34. The zero-order valence-electron chi connectivity index (χ0n) is 15.7. The molecule has 2 aliphatic rings. The minimum absolute atomic E-state index is 0.0471. The Morgan fingerprint density at radius 2 is 1.86 bits per heavy atom. The molecule has 0 aliphatic carbocycles. The van der Waals surface area contributed by atoms with Gasteiger partial charge in [-0.05, 0) is 47.4 Å². The summed E-state index contributed by atoms with van der Waals surface area (Å²) in [5.41, 5.74) is 5.72. The molecule has 1 atom stereocenters. The lowest BCUT2D eigenvalue weighted by molar-refractivity contribution is -0.117. The standard InChI is InChI=1S/C21H22N4O3S/c26-21-20(24-18-4-1-15-12-29(27,28)13-16(15)9-18)7-8-25(21)19-5-2-14(3-6-19)17-10-22-23-11-17/h1-6,9-11,20,24,27-28H,7-8,12-13H2,(H,22,23). The number of aromatic nitrogens is 2. The summed E-state index contributed by atoms with van der Waals surface area (Å²) >= 11 is 0. The molecule has 2 aromatic carbocycles. The molecular formula is C21H22N4O3S. The van der Waals surface area contributed by atoms with Crippen molar-refractivity contribution in [2.24, 2.45) is 0 Å². The maximum atomic E-state index is 12.9. The van der Waals surface area contributed by atoms with E-state index in [2.05, 4.69) is 15.5 Å². The van der Waals surface area contributed by atoms with Crippen molar-refractivity contribution in [2.45, 2.75) is 24.0 Å². The van der Waals surface area contributed by atoms with E-state index in [-0.39, 0.29) is 11.9 Å². The zero-order chi connectivity index (χ0) is 20.0. The van der Waals surface area contributed by atoms with Crippen LogP contribution in [-0.2, 0) is 16.3 Å². The highest BCUT2D eigenvalue weighted by molar-refractivity contribution is 8.23. The molecular weight excluding hydrogens is 388 g/mol. The molecule has 7 nitrogen and oxygen atoms in total. The van der Waals surface area contributed by atoms with E-state index in [1.165, 1.54) is 0 Å². The molecule has 0 saturated carbocycles. The molecule has 150 valence electrons. The van der Waals surface area contributed by atoms with Crippen molar-refractivity contribution in [3.63, 3.8) is 0 Å². The van der Waals surface area contributed by atoms with Crippen molar-refractivity contribution in [1.29, 1.82) is 0 Å². The van der Waals surface area contributed by atoms with Gasteiger partial charge in [-0.25, -0.2) is 0 Å². The Morgan fingerprint density at radius 1 is 1.07 bits per heavy atom. The van der Waals surface area contributed by atoms with E-state index < -0.39 is 10.6 Å². The lowest BCUT2D eigenvalue weighted by Crippen LogP contribution is -2.33. The van der Waals surface area contributed by atoms with Gasteiger partial charge in [0.2, 0.25) is 5.91 Å². The van der Waals surface area contributed by atoms with Crippen molar-refractivity contribution in [2.75, 3.05) is 16.8 Å². The van der Waals surface area contributed by atoms with Gasteiger partial charge in [-0.1, -0.05) is 18.2 Å². The number of carbonyl (C=O) groups excluding carboxylic acids is 1. The smallest absolute Gasteiger partial charge is 0.249 e. The van der Waals surface area contributed by atoms with Gasteiger partial charge in [0.1, 0.15) is 6.04 Å². The molecule has 3 heterocycles. The molecule has 0 bridgehead atoms. The summed E-state index contributed by atoms with van der Waals surface area (Å²) in [6.07, 6.45) is 4.33. The molecule has 2 aliphatic heterocycles. The Morgan fingerprint density at radius 3 is 2.62 bits per heavy atom. The number of hydrogen-bond acceptors (Lipinski definition) is 5. The van der Waals surface area contributed by atoms with Crippen LogP contribution in [0.4, 0.5) is 11.4 Å². The first kappa shape index (κ1) is 18.2. The molecule has 0 radical (unpaired) electrons. The number of anilines is 2. The minimum atomic E-state index is -2.53. The maximum Gasteiger partial charge on any atom is 0.249 e. The number of nitrogens with one attached hydrogen (secondary N) is 2. The van der Waals surface area contributed by atoms with E-state index in [1.54, 1.807) is 11.1 Å². The first-order valence-electron chi connectivity index (χ1n) is 9.51. The average molecular weight is 410 g/mol. The third-order valence-corrected chi connectivity index (χ3v) is 7.08. The fourth-order valence-corrected chi connectivity index (χ4v) is 5.70. The van der Waals surface area contributed by atoms with E-state index in [0.717, 1.165) is 33.6 Å². The van der Waals surface area contributed by atoms with Crippen LogP contribution in [0.2, 0.25) is 0 Å². The van der Waals surface area contributed by atoms with Crippen LogP contribution in [0.3, 0.4) is 0 Å². The lowest BCUT2D eigenvalue weighted by Gasteiger charge is -2.25. The Hall–Kier alpha value is -2.81. The average Bonchev–Trinajstić information content (AvgIpc) is 3.41. The summed E-state index contributed by atoms with van der Waals surface area (Å²) in [7, 11) is -2.53. The summed E-state index contributed by atoms with van der Waals surface area (Å²) in [5, 5.41) is 10.1. The third-order valence-electron chi connectivity index (χ3n) is 5.54. The predicted octanol–water partition coefficient (Wildman–Crippen LogP) is 4.06. The normalized spacial score (nSPS) is 21.2. The highest BCUT2D eigenvalue weighted by Crippen LogP contribution is 2.52. The zero-order valence-corrected chi connectivity index (χ0v) is 16.5. The van der Waals surface area contributed by atoms with Gasteiger partial charge in [-0.3, -0.25) is 19.0 Å². The number of H-pyrrole nitrogens is 1. The van der Waals surface area contributed by atoms with Crippen LogP contribution in [0, 0.1) is 0 Å². The van der Waals surface area contributed by atoms with Gasteiger partial charge >= 0.3 is 0 Å². The lowest BCUT2D eigenvalue weighted by atomic mass is 10.1. The third kappa shape index (κ3) is 3.50. The second-order valence-corrected chi connectivity index (χ2v) is 9.77. The molecule has 4 N–H and O–H groups in total. The molecule has 5 rings (SSSR count). The molecule has 1 unspecified atom stereocenters. The molecule has 8 heteroatoms. The second kappa shape index (κ2) is 6.91. The largest absolute Gasteiger partial charge is 0.374 e. The quantitative estimate of drug-likeness (QED) is 0.520. The number of hydrogen-bond donors (Lipinski definition) is 4. The summed E-state index contributed by atoms with van der Waals surface area (Å²) in [5.74, 6) is 0.671. The predicted molar refractivity (Wildman–Crippen MR) is 115 cm³/mol. The summed E-state index contributed by atoms with van der Waals surface area (Å²) < 4.78 is 19.9. The van der Waals surface area contributed by atoms with Crippen LogP contribution in [0.25, 0.3) is 11.1 Å². The molecule has 1 aromatic heterocycles. The van der Waals surface area contributed by atoms with E-state index >= 15 is 0 Å². The van der Waals surface area contributed by atoms with Gasteiger partial charge in [0, 0.05) is 29.7 Å². The molecule has 1 amide bonds. The van der Waals surface area contributed by atoms with Gasteiger partial charge in [-0.2, -0.15) is 15.7 Å². The Bertz CT molecular complexity index is 1050. The van der Waals surface area contributed by atoms with Gasteiger partial charge < -0.3 is 10.2 Å². The summed E-state index contributed by atoms with van der Waals surface area (Å²) in [4.78, 5) is 14.7. The molecule has 29 heavy (non-hydrogen) atoms. The Labute approximate surface area is 170 Å². The van der Waals surface area contributed by atoms with Crippen LogP contribution in [0.1, 0.15) is 17.5 Å². The molecule has 0 spiro atoms. The number of aromatic amines is 1. The van der Waals surface area contributed by atoms with Crippen LogP contribution in [-0.4, -0.2) is 37.8 Å². The first-order chi connectivity index (χ1) is 14.0. The monoisotopic (exact) mass is 410 g/mol. The number of benzene rings is 2. The van der Waals surface area contributed by atoms with E-state index in [1.807, 2.05) is 48.7 Å². The van der Waals surface area contributed by atoms with Gasteiger partial charge in [0.25, 0.3) is 0 Å². The van der Waals surface area contributed by atoms with Crippen molar-refractivity contribution in [3.05, 3.63) is 66.0 Å². The number of fused-ring (bicyclic) bond motifs is 1. The van der Waals surface area contributed by atoms with Crippen molar-refractivity contribution >= 4 is 27.9 Å². The number of carbonyl (C=O) groups is 1.